The van der Waals surface area contributed by atoms with E-state index in [1.807, 2.05) is 24.3 Å². The number of aryl methyl sites for hydroxylation is 1. The van der Waals surface area contributed by atoms with Crippen molar-refractivity contribution < 1.29 is 18.3 Å². The second kappa shape index (κ2) is 7.95. The lowest BCUT2D eigenvalue weighted by Gasteiger charge is -2.35. The van der Waals surface area contributed by atoms with Crippen LogP contribution < -0.4 is 9.64 Å². The number of methoxy groups -OCH3 is 1. The summed E-state index contributed by atoms with van der Waals surface area (Å²) in [5.41, 5.74) is 1.97. The Morgan fingerprint density at radius 1 is 1.10 bits per heavy atom. The molecule has 0 spiro atoms. The first-order valence-corrected chi connectivity index (χ1v) is 9.47. The van der Waals surface area contributed by atoms with Gasteiger partial charge in [0.15, 0.2) is 5.89 Å². The molecule has 0 bridgehead atoms. The first-order chi connectivity index (χ1) is 14.0. The summed E-state index contributed by atoms with van der Waals surface area (Å²) in [6.07, 6.45) is 0. The summed E-state index contributed by atoms with van der Waals surface area (Å²) in [5, 5.41) is 0. The Morgan fingerprint density at radius 3 is 2.59 bits per heavy atom. The van der Waals surface area contributed by atoms with E-state index >= 15 is 0 Å². The minimum absolute atomic E-state index is 0.155. The molecule has 0 saturated carbocycles. The van der Waals surface area contributed by atoms with Gasteiger partial charge < -0.3 is 19.0 Å². The smallest absolute Gasteiger partial charge is 0.292 e. The van der Waals surface area contributed by atoms with Gasteiger partial charge in [0.25, 0.3) is 5.91 Å². The van der Waals surface area contributed by atoms with E-state index in [4.69, 9.17) is 9.15 Å². The van der Waals surface area contributed by atoms with Gasteiger partial charge in [0.05, 0.1) is 7.11 Å². The highest BCUT2D eigenvalue weighted by Crippen LogP contribution is 2.27. The summed E-state index contributed by atoms with van der Waals surface area (Å²) >= 11 is 0. The second-order valence-corrected chi connectivity index (χ2v) is 6.90. The highest BCUT2D eigenvalue weighted by atomic mass is 19.1. The average molecular weight is 395 g/mol. The number of amides is 1. The van der Waals surface area contributed by atoms with E-state index in [1.165, 1.54) is 12.1 Å². The quantitative estimate of drug-likeness (QED) is 0.673. The van der Waals surface area contributed by atoms with Gasteiger partial charge in [0.1, 0.15) is 17.3 Å². The van der Waals surface area contributed by atoms with E-state index in [1.54, 1.807) is 31.1 Å². The molecule has 6 nitrogen and oxygen atoms in total. The number of nitrogens with zero attached hydrogens (tertiary/aromatic N) is 3. The van der Waals surface area contributed by atoms with Crippen LogP contribution in [-0.4, -0.2) is 49.1 Å². The Bertz CT molecular complexity index is 1030. The zero-order chi connectivity index (χ0) is 20.4. The van der Waals surface area contributed by atoms with E-state index in [9.17, 15) is 9.18 Å². The van der Waals surface area contributed by atoms with Gasteiger partial charge in [-0.1, -0.05) is 18.2 Å². The maximum Gasteiger partial charge on any atom is 0.292 e. The van der Waals surface area contributed by atoms with Gasteiger partial charge in [-0.15, -0.1) is 0 Å². The van der Waals surface area contributed by atoms with Crippen LogP contribution in [-0.2, 0) is 0 Å². The minimum atomic E-state index is -0.381. The standard InChI is InChI=1S/C22H22FN3O3/c1-15-24-20(16-5-3-6-17(23)13-16)21(29-15)22(27)26-11-9-25(10-12-26)18-7-4-8-19(14-18)28-2/h3-8,13-14H,9-12H2,1-2H3. The number of rotatable bonds is 4. The molecule has 0 unspecified atom stereocenters. The summed E-state index contributed by atoms with van der Waals surface area (Å²) in [7, 11) is 1.64. The van der Waals surface area contributed by atoms with E-state index in [0.717, 1.165) is 11.4 Å². The fourth-order valence-corrected chi connectivity index (χ4v) is 3.52. The number of carbonyl (C=O) groups is 1. The summed E-state index contributed by atoms with van der Waals surface area (Å²) in [6.45, 7) is 4.18. The number of aromatic nitrogens is 1. The third kappa shape index (κ3) is 3.94. The van der Waals surface area contributed by atoms with Crippen molar-refractivity contribution in [2.24, 2.45) is 0 Å². The minimum Gasteiger partial charge on any atom is -0.497 e. The lowest BCUT2D eigenvalue weighted by Crippen LogP contribution is -2.48. The molecule has 0 atom stereocenters. The number of hydrogen-bond acceptors (Lipinski definition) is 5. The van der Waals surface area contributed by atoms with Crippen LogP contribution in [0, 0.1) is 12.7 Å². The zero-order valence-corrected chi connectivity index (χ0v) is 16.4. The largest absolute Gasteiger partial charge is 0.497 e. The molecule has 0 N–H and O–H groups in total. The monoisotopic (exact) mass is 395 g/mol. The van der Waals surface area contributed by atoms with Crippen molar-refractivity contribution in [3.05, 3.63) is 66.0 Å². The molecular formula is C22H22FN3O3. The molecule has 1 aromatic heterocycles. The van der Waals surface area contributed by atoms with Crippen molar-refractivity contribution in [3.8, 4) is 17.0 Å². The topological polar surface area (TPSA) is 58.8 Å². The van der Waals surface area contributed by atoms with Crippen LogP contribution in [0.2, 0.25) is 0 Å². The molecule has 29 heavy (non-hydrogen) atoms. The molecule has 1 amide bonds. The molecule has 3 aromatic rings. The second-order valence-electron chi connectivity index (χ2n) is 6.90. The van der Waals surface area contributed by atoms with E-state index in [0.29, 0.717) is 43.3 Å². The Balaban J connectivity index is 1.50. The molecule has 1 saturated heterocycles. The van der Waals surface area contributed by atoms with Crippen LogP contribution >= 0.6 is 0 Å². The number of piperazine rings is 1. The fraction of sp³-hybridized carbons (Fsp3) is 0.273. The van der Waals surface area contributed by atoms with Gasteiger partial charge in [-0.2, -0.15) is 0 Å². The summed E-state index contributed by atoms with van der Waals surface area (Å²) < 4.78 is 24.5. The maximum atomic E-state index is 13.6. The number of hydrogen-bond donors (Lipinski definition) is 0. The fourth-order valence-electron chi connectivity index (χ4n) is 3.52. The molecule has 4 rings (SSSR count). The number of benzene rings is 2. The predicted octanol–water partition coefficient (Wildman–Crippen LogP) is 3.76. The first-order valence-electron chi connectivity index (χ1n) is 9.47. The Labute approximate surface area is 168 Å². The van der Waals surface area contributed by atoms with Crippen molar-refractivity contribution in [1.82, 2.24) is 9.88 Å². The Hall–Kier alpha value is -3.35. The van der Waals surface area contributed by atoms with Gasteiger partial charge >= 0.3 is 0 Å². The van der Waals surface area contributed by atoms with Crippen molar-refractivity contribution in [3.63, 3.8) is 0 Å². The van der Waals surface area contributed by atoms with Crippen LogP contribution in [0.4, 0.5) is 10.1 Å². The SMILES string of the molecule is COc1cccc(N2CCN(C(=O)c3oc(C)nc3-c3cccc(F)c3)CC2)c1. The predicted molar refractivity (Wildman–Crippen MR) is 108 cm³/mol. The molecule has 0 radical (unpaired) electrons. The number of carbonyl (C=O) groups excluding carboxylic acids is 1. The molecule has 7 heteroatoms. The number of oxazole rings is 1. The summed E-state index contributed by atoms with van der Waals surface area (Å²) in [5.74, 6) is 0.729. The van der Waals surface area contributed by atoms with E-state index in [2.05, 4.69) is 9.88 Å². The molecule has 2 aromatic carbocycles. The van der Waals surface area contributed by atoms with Gasteiger partial charge in [-0.3, -0.25) is 4.79 Å². The van der Waals surface area contributed by atoms with Gasteiger partial charge in [0.2, 0.25) is 5.76 Å². The van der Waals surface area contributed by atoms with Crippen molar-refractivity contribution in [2.45, 2.75) is 6.92 Å². The highest BCUT2D eigenvalue weighted by molar-refractivity contribution is 5.97. The Kier molecular flexibility index (Phi) is 5.20. The average Bonchev–Trinajstić information content (AvgIpc) is 3.15. The maximum absolute atomic E-state index is 13.6. The van der Waals surface area contributed by atoms with Gasteiger partial charge in [0, 0.05) is 50.4 Å². The molecular weight excluding hydrogens is 373 g/mol. The van der Waals surface area contributed by atoms with Gasteiger partial charge in [-0.05, 0) is 24.3 Å². The van der Waals surface area contributed by atoms with Crippen LogP contribution in [0.15, 0.2) is 52.9 Å². The van der Waals surface area contributed by atoms with Crippen LogP contribution in [0.1, 0.15) is 16.4 Å². The first kappa shape index (κ1) is 19.0. The highest BCUT2D eigenvalue weighted by Gasteiger charge is 2.28. The molecule has 1 aliphatic heterocycles. The number of anilines is 1. The number of ether oxygens (including phenoxy) is 1. The third-order valence-corrected chi connectivity index (χ3v) is 5.01. The van der Waals surface area contributed by atoms with E-state index < -0.39 is 0 Å². The summed E-state index contributed by atoms with van der Waals surface area (Å²) in [6, 6.07) is 13.9. The Morgan fingerprint density at radius 2 is 1.86 bits per heavy atom. The lowest BCUT2D eigenvalue weighted by molar-refractivity contribution is 0.0714. The molecule has 150 valence electrons. The van der Waals surface area contributed by atoms with Gasteiger partial charge in [-0.25, -0.2) is 9.37 Å². The van der Waals surface area contributed by atoms with Crippen LogP contribution in [0.25, 0.3) is 11.3 Å². The number of halogens is 1. The van der Waals surface area contributed by atoms with Crippen LogP contribution in [0.5, 0.6) is 5.75 Å². The normalized spacial score (nSPS) is 14.2. The molecule has 2 heterocycles. The summed E-state index contributed by atoms with van der Waals surface area (Å²) in [4.78, 5) is 21.4. The molecule has 1 fully saturated rings. The molecule has 1 aliphatic rings. The van der Waals surface area contributed by atoms with Crippen molar-refractivity contribution >= 4 is 11.6 Å². The lowest BCUT2D eigenvalue weighted by atomic mass is 10.1. The third-order valence-electron chi connectivity index (χ3n) is 5.01. The van der Waals surface area contributed by atoms with E-state index in [-0.39, 0.29) is 17.5 Å². The van der Waals surface area contributed by atoms with Crippen molar-refractivity contribution in [2.75, 3.05) is 38.2 Å². The molecule has 0 aliphatic carbocycles. The van der Waals surface area contributed by atoms with Crippen LogP contribution in [0.3, 0.4) is 0 Å². The zero-order valence-electron chi connectivity index (χ0n) is 16.4. The van der Waals surface area contributed by atoms with Crippen molar-refractivity contribution in [1.29, 1.82) is 0 Å².